The molecule has 0 aliphatic heterocycles. The van der Waals surface area contributed by atoms with Crippen molar-refractivity contribution in [2.45, 2.75) is 51.5 Å². The van der Waals surface area contributed by atoms with Crippen LogP contribution >= 0.6 is 15.2 Å². The summed E-state index contributed by atoms with van der Waals surface area (Å²) in [6.45, 7) is 5.16. The Labute approximate surface area is 272 Å². The molecule has 0 saturated heterocycles. The predicted molar refractivity (Wildman–Crippen MR) is 93.1 cm³/mol. The first-order valence-electron chi connectivity index (χ1n) is 8.25. The first kappa shape index (κ1) is 41.0. The molecule has 0 saturated carbocycles. The summed E-state index contributed by atoms with van der Waals surface area (Å²) in [6.07, 6.45) is 6.12. The molecule has 0 bridgehead atoms. The minimum atomic E-state index is -5.84. The fraction of sp³-hybridized carbons (Fsp3) is 0.600. The Morgan fingerprint density at radius 1 is 1.06 bits per heavy atom. The van der Waals surface area contributed by atoms with Crippen molar-refractivity contribution in [2.24, 2.45) is 5.73 Å². The van der Waals surface area contributed by atoms with Crippen molar-refractivity contribution in [1.82, 2.24) is 15.0 Å². The second-order valence-electron chi connectivity index (χ2n) is 6.66. The van der Waals surface area contributed by atoms with Crippen LogP contribution in [0, 0.1) is 0 Å². The first-order chi connectivity index (χ1) is 12.3. The van der Waals surface area contributed by atoms with E-state index in [2.05, 4.69) is 16.4 Å². The van der Waals surface area contributed by atoms with Crippen molar-refractivity contribution in [3.63, 3.8) is 0 Å². The zero-order valence-corrected chi connectivity index (χ0v) is 29.3. The normalized spacial score (nSPS) is 11.9. The smallest absolute Gasteiger partial charge is 0.810 e. The zero-order chi connectivity index (χ0) is 20.9. The largest absolute Gasteiger partial charge is 1.00 e. The third-order valence-corrected chi connectivity index (χ3v) is 8.31. The first-order valence-corrected chi connectivity index (χ1v) is 11.3. The summed E-state index contributed by atoms with van der Waals surface area (Å²) >= 11 is 0. The summed E-state index contributed by atoms with van der Waals surface area (Å²) in [5, 5.41) is 7.42. The molecule has 0 aliphatic carbocycles. The van der Waals surface area contributed by atoms with Crippen molar-refractivity contribution in [3.8, 4) is 0 Å². The Bertz CT molecular complexity index is 783. The van der Waals surface area contributed by atoms with E-state index in [1.807, 2.05) is 26.8 Å². The van der Waals surface area contributed by atoms with Crippen molar-refractivity contribution in [3.05, 3.63) is 35.2 Å². The molecule has 0 spiro atoms. The topological polar surface area (TPSA) is 183 Å². The fourth-order valence-electron chi connectivity index (χ4n) is 2.38. The van der Waals surface area contributed by atoms with Gasteiger partial charge in [-0.1, -0.05) is 43.7 Å². The van der Waals surface area contributed by atoms with Gasteiger partial charge < -0.3 is 34.4 Å². The summed E-state index contributed by atoms with van der Waals surface area (Å²) in [5.41, 5.74) is 7.41. The third kappa shape index (κ3) is 13.1. The van der Waals surface area contributed by atoms with Gasteiger partial charge in [-0.15, -0.1) is 5.10 Å². The molecule has 16 heteroatoms. The van der Waals surface area contributed by atoms with E-state index in [0.717, 1.165) is 18.4 Å². The van der Waals surface area contributed by atoms with E-state index in [9.17, 15) is 28.7 Å². The number of nitrogens with two attached hydrogens (primary N) is 1. The zero-order valence-electron chi connectivity index (χ0n) is 19.5. The molecule has 1 aromatic rings. The Morgan fingerprint density at radius 3 is 2.00 bits per heavy atom. The minimum Gasteiger partial charge on any atom is -0.810 e. The van der Waals surface area contributed by atoms with E-state index >= 15 is 0 Å². The molecular formula is C15H24N4Na4O6P2. The van der Waals surface area contributed by atoms with Gasteiger partial charge in [0, 0.05) is 24.1 Å². The Morgan fingerprint density at radius 2 is 1.58 bits per heavy atom. The predicted octanol–water partition coefficient (Wildman–Crippen LogP) is -13.0. The number of nitrogens with zero attached hydrogens (tertiary/aromatic N) is 3. The van der Waals surface area contributed by atoms with Gasteiger partial charge in [0.05, 0.1) is 12.2 Å². The molecule has 0 atom stereocenters. The summed E-state index contributed by atoms with van der Waals surface area (Å²) in [4.78, 5) is 42.7. The van der Waals surface area contributed by atoms with Crippen LogP contribution < -0.4 is 144 Å². The molecule has 1 rings (SSSR count). The molecule has 0 fully saturated rings. The van der Waals surface area contributed by atoms with Crippen LogP contribution in [0.5, 0.6) is 0 Å². The molecule has 0 aliphatic rings. The Kier molecular flexibility index (Phi) is 24.1. The van der Waals surface area contributed by atoms with Crippen molar-refractivity contribution in [2.75, 3.05) is 6.54 Å². The molecule has 154 valence electrons. The van der Waals surface area contributed by atoms with Crippen molar-refractivity contribution in [1.29, 1.82) is 0 Å². The molecule has 10 nitrogen and oxygen atoms in total. The third-order valence-electron chi connectivity index (χ3n) is 4.11. The van der Waals surface area contributed by atoms with E-state index < -0.39 is 33.1 Å². The Balaban J connectivity index is -0.000000911. The molecule has 31 heavy (non-hydrogen) atoms. The second kappa shape index (κ2) is 18.2. The standard InChI is InChI=1S/C15H28N4O6P2.4Na/c1-12(2)5-4-6-13(3)7-8-19-10-14(17-18-19)9-15(11-16,26(20,21)22)27(23,24)25;;;;/h5,7,10H,4,6,8-9,11,16H2,1-3H3,(H2,20,21,22)(H2,23,24,25);;;;/q;4*+1/p-4/b13-7+;;;;. The van der Waals surface area contributed by atoms with Gasteiger partial charge in [-0.2, -0.15) is 0 Å². The summed E-state index contributed by atoms with van der Waals surface area (Å²) in [6, 6.07) is 0. The summed E-state index contributed by atoms with van der Waals surface area (Å²) in [7, 11) is -11.7. The molecule has 0 radical (unpaired) electrons. The molecule has 0 unspecified atom stereocenters. The molecular weight excluding hydrogens is 486 g/mol. The SMILES string of the molecule is CC(C)=CCC/C(C)=C/Cn1cc(CC(CN)(P(=O)([O-])[O-])P(=O)([O-])[O-])nn1.[Na+].[Na+].[Na+].[Na+]. The van der Waals surface area contributed by atoms with Gasteiger partial charge in [-0.25, -0.2) is 4.68 Å². The average Bonchev–Trinajstić information content (AvgIpc) is 2.95. The molecule has 1 heterocycles. The van der Waals surface area contributed by atoms with E-state index in [1.54, 1.807) is 0 Å². The van der Waals surface area contributed by atoms with Crippen LogP contribution in [-0.2, 0) is 22.1 Å². The molecule has 0 aromatic carbocycles. The van der Waals surface area contributed by atoms with E-state index in [-0.39, 0.29) is 124 Å². The van der Waals surface area contributed by atoms with Gasteiger partial charge in [0.2, 0.25) is 0 Å². The van der Waals surface area contributed by atoms with Gasteiger partial charge in [0.25, 0.3) is 0 Å². The number of hydrogen-bond donors (Lipinski definition) is 1. The molecule has 2 N–H and O–H groups in total. The number of hydrogen-bond acceptors (Lipinski definition) is 9. The van der Waals surface area contributed by atoms with Gasteiger partial charge in [0.15, 0.2) is 0 Å². The number of rotatable bonds is 10. The van der Waals surface area contributed by atoms with Crippen LogP contribution in [0.3, 0.4) is 0 Å². The van der Waals surface area contributed by atoms with Crippen molar-refractivity contribution < 1.29 is 147 Å². The van der Waals surface area contributed by atoms with Crippen LogP contribution in [0.2, 0.25) is 0 Å². The molecule has 1 aromatic heterocycles. The van der Waals surface area contributed by atoms with E-state index in [4.69, 9.17) is 5.73 Å². The van der Waals surface area contributed by atoms with Gasteiger partial charge in [-0.05, 0) is 33.6 Å². The summed E-state index contributed by atoms with van der Waals surface area (Å²) in [5.74, 6) is 0. The molecule has 0 amide bonds. The fourth-order valence-corrected chi connectivity index (χ4v) is 4.74. The quantitative estimate of drug-likeness (QED) is 0.181. The Hall–Kier alpha value is 2.88. The van der Waals surface area contributed by atoms with E-state index in [1.165, 1.54) is 16.5 Å². The van der Waals surface area contributed by atoms with Crippen LogP contribution in [0.4, 0.5) is 0 Å². The maximum Gasteiger partial charge on any atom is 1.00 e. The van der Waals surface area contributed by atoms with Crippen LogP contribution in [0.15, 0.2) is 29.5 Å². The minimum absolute atomic E-state index is 0. The van der Waals surface area contributed by atoms with Crippen molar-refractivity contribution >= 4 is 15.2 Å². The second-order valence-corrected chi connectivity index (χ2v) is 10.7. The summed E-state index contributed by atoms with van der Waals surface area (Å²) < 4.78 is 24.3. The van der Waals surface area contributed by atoms with Gasteiger partial charge >= 0.3 is 118 Å². The van der Waals surface area contributed by atoms with Gasteiger partial charge in [0.1, 0.15) is 0 Å². The monoisotopic (exact) mass is 510 g/mol. The maximum atomic E-state index is 11.5. The maximum absolute atomic E-state index is 11.5. The van der Waals surface area contributed by atoms with Crippen LogP contribution in [0.1, 0.15) is 39.3 Å². The number of aromatic nitrogens is 3. The average molecular weight is 510 g/mol. The van der Waals surface area contributed by atoms with E-state index in [0.29, 0.717) is 6.54 Å². The van der Waals surface area contributed by atoms with Crippen LogP contribution in [0.25, 0.3) is 0 Å². The van der Waals surface area contributed by atoms with Crippen LogP contribution in [-0.4, -0.2) is 26.4 Å². The number of allylic oxidation sites excluding steroid dienone is 4. The van der Waals surface area contributed by atoms with Gasteiger partial charge in [-0.3, -0.25) is 0 Å².